The number of ether oxygens (including phenoxy) is 1. The molecule has 1 aromatic rings. The third-order valence-electron chi connectivity index (χ3n) is 4.26. The van der Waals surface area contributed by atoms with Crippen molar-refractivity contribution in [2.45, 2.75) is 58.3 Å². The molecule has 3 nitrogen and oxygen atoms in total. The van der Waals surface area contributed by atoms with Crippen LogP contribution in [0.25, 0.3) is 0 Å². The van der Waals surface area contributed by atoms with Crippen LogP contribution in [0.15, 0.2) is 24.3 Å². The van der Waals surface area contributed by atoms with E-state index in [1.807, 2.05) is 29.2 Å². The van der Waals surface area contributed by atoms with Crippen molar-refractivity contribution in [3.63, 3.8) is 0 Å². The molecule has 1 aromatic carbocycles. The Morgan fingerprint density at radius 1 is 1.00 bits per heavy atom. The van der Waals surface area contributed by atoms with Gasteiger partial charge in [-0.25, -0.2) is 0 Å². The van der Waals surface area contributed by atoms with Crippen LogP contribution in [0.3, 0.4) is 0 Å². The molecular weight excluding hydrogens is 274 g/mol. The first-order chi connectivity index (χ1) is 10.8. The van der Waals surface area contributed by atoms with Crippen molar-refractivity contribution in [2.75, 3.05) is 19.7 Å². The zero-order chi connectivity index (χ0) is 15.6. The van der Waals surface area contributed by atoms with Crippen molar-refractivity contribution in [3.05, 3.63) is 29.8 Å². The number of carbonyl (C=O) groups excluding carboxylic acids is 1. The molecule has 0 bridgehead atoms. The highest BCUT2D eigenvalue weighted by Gasteiger charge is 2.17. The standard InChI is InChI=1S/C19H29NO2/c1-2-3-4-9-16-22-18-12-10-17(11-13-18)19(21)20-14-7-5-6-8-15-20/h10-13H,2-9,14-16H2,1H3. The van der Waals surface area contributed by atoms with E-state index in [9.17, 15) is 4.79 Å². The highest BCUT2D eigenvalue weighted by atomic mass is 16.5. The first-order valence-electron chi connectivity index (χ1n) is 8.83. The molecule has 0 unspecified atom stereocenters. The van der Waals surface area contributed by atoms with Gasteiger partial charge < -0.3 is 9.64 Å². The summed E-state index contributed by atoms with van der Waals surface area (Å²) in [4.78, 5) is 14.5. The molecule has 0 atom stereocenters. The van der Waals surface area contributed by atoms with Crippen LogP contribution in [0.5, 0.6) is 5.75 Å². The molecule has 22 heavy (non-hydrogen) atoms. The van der Waals surface area contributed by atoms with Gasteiger partial charge in [-0.15, -0.1) is 0 Å². The molecular formula is C19H29NO2. The van der Waals surface area contributed by atoms with Crippen molar-refractivity contribution < 1.29 is 9.53 Å². The van der Waals surface area contributed by atoms with E-state index in [0.29, 0.717) is 0 Å². The average Bonchev–Trinajstić information content (AvgIpc) is 2.84. The Hall–Kier alpha value is -1.51. The molecule has 122 valence electrons. The Bertz CT molecular complexity index is 433. The SMILES string of the molecule is CCCCCCOc1ccc(C(=O)N2CCCCCC2)cc1. The van der Waals surface area contributed by atoms with Crippen molar-refractivity contribution in [1.29, 1.82) is 0 Å². The maximum absolute atomic E-state index is 12.5. The molecule has 0 saturated carbocycles. The number of rotatable bonds is 7. The molecule has 0 aromatic heterocycles. The zero-order valence-corrected chi connectivity index (χ0v) is 13.9. The fraction of sp³-hybridized carbons (Fsp3) is 0.632. The number of carbonyl (C=O) groups is 1. The normalized spacial score (nSPS) is 15.4. The Balaban J connectivity index is 1.81. The van der Waals surface area contributed by atoms with Crippen LogP contribution in [0, 0.1) is 0 Å². The molecule has 1 amide bonds. The van der Waals surface area contributed by atoms with Gasteiger partial charge in [0.05, 0.1) is 6.61 Å². The van der Waals surface area contributed by atoms with E-state index < -0.39 is 0 Å². The van der Waals surface area contributed by atoms with Gasteiger partial charge in [-0.1, -0.05) is 39.0 Å². The summed E-state index contributed by atoms with van der Waals surface area (Å²) in [6.07, 6.45) is 9.59. The van der Waals surface area contributed by atoms with Gasteiger partial charge in [-0.2, -0.15) is 0 Å². The summed E-state index contributed by atoms with van der Waals surface area (Å²) in [7, 11) is 0. The maximum atomic E-state index is 12.5. The minimum absolute atomic E-state index is 0.163. The highest BCUT2D eigenvalue weighted by Crippen LogP contribution is 2.17. The summed E-state index contributed by atoms with van der Waals surface area (Å²) >= 11 is 0. The lowest BCUT2D eigenvalue weighted by molar-refractivity contribution is 0.0761. The van der Waals surface area contributed by atoms with E-state index in [-0.39, 0.29) is 5.91 Å². The van der Waals surface area contributed by atoms with Gasteiger partial charge in [-0.05, 0) is 43.5 Å². The third kappa shape index (κ3) is 5.36. The first-order valence-corrected chi connectivity index (χ1v) is 8.83. The molecule has 1 heterocycles. The lowest BCUT2D eigenvalue weighted by atomic mass is 10.2. The van der Waals surface area contributed by atoms with Gasteiger partial charge in [0.25, 0.3) is 5.91 Å². The fourth-order valence-electron chi connectivity index (χ4n) is 2.87. The van der Waals surface area contributed by atoms with Gasteiger partial charge in [0.2, 0.25) is 0 Å². The molecule has 0 aliphatic carbocycles. The number of likely N-dealkylation sites (tertiary alicyclic amines) is 1. The second-order valence-electron chi connectivity index (χ2n) is 6.14. The number of unbranched alkanes of at least 4 members (excludes halogenated alkanes) is 3. The summed E-state index contributed by atoms with van der Waals surface area (Å²) in [5, 5.41) is 0. The van der Waals surface area contributed by atoms with E-state index in [0.717, 1.165) is 50.3 Å². The van der Waals surface area contributed by atoms with Crippen LogP contribution in [-0.4, -0.2) is 30.5 Å². The van der Waals surface area contributed by atoms with E-state index in [1.165, 1.54) is 32.1 Å². The molecule has 2 rings (SSSR count). The quantitative estimate of drug-likeness (QED) is 0.685. The van der Waals surface area contributed by atoms with Crippen LogP contribution in [0.1, 0.15) is 68.6 Å². The number of nitrogens with zero attached hydrogens (tertiary/aromatic N) is 1. The highest BCUT2D eigenvalue weighted by molar-refractivity contribution is 5.94. The molecule has 0 N–H and O–H groups in total. The monoisotopic (exact) mass is 303 g/mol. The zero-order valence-electron chi connectivity index (χ0n) is 13.9. The predicted octanol–water partition coefficient (Wildman–Crippen LogP) is 4.66. The second kappa shape index (κ2) is 9.50. The van der Waals surface area contributed by atoms with Gasteiger partial charge in [0, 0.05) is 18.7 Å². The Labute approximate surface area is 134 Å². The predicted molar refractivity (Wildman–Crippen MR) is 90.5 cm³/mol. The number of hydrogen-bond acceptors (Lipinski definition) is 2. The van der Waals surface area contributed by atoms with Crippen LogP contribution in [-0.2, 0) is 0 Å². The molecule has 0 radical (unpaired) electrons. The van der Waals surface area contributed by atoms with Crippen LogP contribution >= 0.6 is 0 Å². The smallest absolute Gasteiger partial charge is 0.253 e. The molecule has 3 heteroatoms. The van der Waals surface area contributed by atoms with Crippen molar-refractivity contribution in [3.8, 4) is 5.75 Å². The largest absolute Gasteiger partial charge is 0.494 e. The van der Waals surface area contributed by atoms with E-state index in [4.69, 9.17) is 4.74 Å². The summed E-state index contributed by atoms with van der Waals surface area (Å²) < 4.78 is 5.73. The fourth-order valence-corrected chi connectivity index (χ4v) is 2.87. The molecule has 0 spiro atoms. The van der Waals surface area contributed by atoms with Crippen LogP contribution in [0.4, 0.5) is 0 Å². The summed E-state index contributed by atoms with van der Waals surface area (Å²) in [5.74, 6) is 1.03. The Kier molecular flexibility index (Phi) is 7.27. The van der Waals surface area contributed by atoms with Gasteiger partial charge in [-0.3, -0.25) is 4.79 Å². The van der Waals surface area contributed by atoms with Gasteiger partial charge in [0.1, 0.15) is 5.75 Å². The van der Waals surface area contributed by atoms with Gasteiger partial charge in [0.15, 0.2) is 0 Å². The summed E-state index contributed by atoms with van der Waals surface area (Å²) in [6.45, 7) is 4.77. The average molecular weight is 303 g/mol. The second-order valence-corrected chi connectivity index (χ2v) is 6.14. The molecule has 1 fully saturated rings. The number of amides is 1. The van der Waals surface area contributed by atoms with Crippen LogP contribution < -0.4 is 4.74 Å². The van der Waals surface area contributed by atoms with E-state index >= 15 is 0 Å². The number of hydrogen-bond donors (Lipinski definition) is 0. The Morgan fingerprint density at radius 2 is 1.68 bits per heavy atom. The third-order valence-corrected chi connectivity index (χ3v) is 4.26. The Morgan fingerprint density at radius 3 is 2.32 bits per heavy atom. The van der Waals surface area contributed by atoms with Crippen LogP contribution in [0.2, 0.25) is 0 Å². The number of benzene rings is 1. The first kappa shape index (κ1) is 16.9. The summed E-state index contributed by atoms with van der Waals surface area (Å²) in [5.41, 5.74) is 0.778. The van der Waals surface area contributed by atoms with Gasteiger partial charge >= 0.3 is 0 Å². The minimum atomic E-state index is 0.163. The maximum Gasteiger partial charge on any atom is 0.253 e. The lowest BCUT2D eigenvalue weighted by Gasteiger charge is -2.20. The minimum Gasteiger partial charge on any atom is -0.494 e. The summed E-state index contributed by atoms with van der Waals surface area (Å²) in [6, 6.07) is 7.64. The van der Waals surface area contributed by atoms with Crippen molar-refractivity contribution >= 4 is 5.91 Å². The van der Waals surface area contributed by atoms with E-state index in [2.05, 4.69) is 6.92 Å². The molecule has 1 aliphatic rings. The van der Waals surface area contributed by atoms with E-state index in [1.54, 1.807) is 0 Å². The van der Waals surface area contributed by atoms with Crippen molar-refractivity contribution in [2.24, 2.45) is 0 Å². The molecule has 1 saturated heterocycles. The van der Waals surface area contributed by atoms with Crippen molar-refractivity contribution in [1.82, 2.24) is 4.90 Å². The topological polar surface area (TPSA) is 29.5 Å². The molecule has 1 aliphatic heterocycles. The lowest BCUT2D eigenvalue weighted by Crippen LogP contribution is -2.31.